The fourth-order valence-electron chi connectivity index (χ4n) is 4.55. The third-order valence-electron chi connectivity index (χ3n) is 6.91. The Kier molecular flexibility index (Phi) is 10.5. The third kappa shape index (κ3) is 8.92. The molecule has 3 heterocycles. The number of nitrogens with one attached hydrogen (secondary N) is 5. The van der Waals surface area contributed by atoms with E-state index in [-0.39, 0.29) is 42.2 Å². The van der Waals surface area contributed by atoms with Crippen LogP contribution in [0.5, 0.6) is 0 Å². The van der Waals surface area contributed by atoms with Gasteiger partial charge in [-0.25, -0.2) is 9.78 Å². The van der Waals surface area contributed by atoms with Gasteiger partial charge in [0.1, 0.15) is 29.7 Å². The van der Waals surface area contributed by atoms with Crippen LogP contribution in [-0.4, -0.2) is 75.2 Å². The summed E-state index contributed by atoms with van der Waals surface area (Å²) >= 11 is 0.992. The molecule has 2 aromatic carbocycles. The molecule has 5 N–H and O–H groups in total. The molecule has 49 heavy (non-hydrogen) atoms. The second-order valence-corrected chi connectivity index (χ2v) is 12.7. The topological polar surface area (TPSA) is 201 Å². The molecule has 16 heteroatoms. The van der Waals surface area contributed by atoms with Crippen LogP contribution in [-0.2, 0) is 46.7 Å². The number of aromatic nitrogens is 1. The van der Waals surface area contributed by atoms with Crippen LogP contribution >= 0.6 is 11.3 Å². The third-order valence-corrected chi connectivity index (χ3v) is 7.67. The number of ether oxygens (including phenoxy) is 2. The number of anilines is 1. The van der Waals surface area contributed by atoms with Crippen molar-refractivity contribution in [3.05, 3.63) is 94.6 Å². The van der Waals surface area contributed by atoms with E-state index in [0.717, 1.165) is 33.3 Å². The predicted octanol–water partition coefficient (Wildman–Crippen LogP) is 2.18. The molecule has 1 aromatic heterocycles. The Balaban J connectivity index is 1.19. The minimum absolute atomic E-state index is 0.0203. The van der Waals surface area contributed by atoms with E-state index in [1.165, 1.54) is 5.38 Å². The Labute approximate surface area is 284 Å². The molecular weight excluding hydrogens is 654 g/mol. The van der Waals surface area contributed by atoms with Crippen LogP contribution in [0.15, 0.2) is 77.8 Å². The van der Waals surface area contributed by atoms with E-state index in [9.17, 15) is 24.0 Å². The van der Waals surface area contributed by atoms with Gasteiger partial charge in [0, 0.05) is 11.9 Å². The Morgan fingerprint density at radius 3 is 2.29 bits per heavy atom. The van der Waals surface area contributed by atoms with Crippen molar-refractivity contribution in [3.8, 4) is 0 Å². The molecule has 0 aliphatic carbocycles. The zero-order valence-corrected chi connectivity index (χ0v) is 27.6. The number of carbonyl (C=O) groups is 5. The van der Waals surface area contributed by atoms with Crippen LogP contribution < -0.4 is 21.3 Å². The molecule has 3 aromatic rings. The lowest BCUT2D eigenvalue weighted by atomic mass is 9.98. The highest BCUT2D eigenvalue weighted by atomic mass is 32.1. The Hall–Kier alpha value is -5.90. The van der Waals surface area contributed by atoms with Gasteiger partial charge in [-0.2, -0.15) is 0 Å². The number of rotatable bonds is 12. The van der Waals surface area contributed by atoms with Gasteiger partial charge in [-0.15, -0.1) is 11.3 Å². The summed E-state index contributed by atoms with van der Waals surface area (Å²) in [4.78, 5) is 73.4. The summed E-state index contributed by atoms with van der Waals surface area (Å²) in [5, 5.41) is 20.0. The molecule has 0 radical (unpaired) electrons. The van der Waals surface area contributed by atoms with Gasteiger partial charge in [0.2, 0.25) is 5.91 Å². The van der Waals surface area contributed by atoms with Crippen LogP contribution in [0.1, 0.15) is 37.6 Å². The monoisotopic (exact) mass is 688 g/mol. The molecule has 0 saturated carbocycles. The molecule has 254 valence electrons. The van der Waals surface area contributed by atoms with Gasteiger partial charge in [0.25, 0.3) is 5.91 Å². The van der Waals surface area contributed by atoms with Gasteiger partial charge in [-0.1, -0.05) is 60.7 Å². The normalized spacial score (nSPS) is 16.9. The van der Waals surface area contributed by atoms with Crippen molar-refractivity contribution in [2.45, 2.75) is 51.7 Å². The number of carbonyl (C=O) groups excluding carboxylic acids is 5. The molecular formula is C33H34N7O8S+. The maximum absolute atomic E-state index is 13.3. The first-order chi connectivity index (χ1) is 23.4. The highest BCUT2D eigenvalue weighted by Crippen LogP contribution is 2.19. The van der Waals surface area contributed by atoms with E-state index < -0.39 is 53.0 Å². The summed E-state index contributed by atoms with van der Waals surface area (Å²) in [7, 11) is 0. The Bertz CT molecular complexity index is 1830. The summed E-state index contributed by atoms with van der Waals surface area (Å²) in [6.45, 7) is 5.08. The number of nitrogens with zero attached hydrogens (tertiary/aromatic N) is 2. The predicted molar refractivity (Wildman–Crippen MR) is 176 cm³/mol. The van der Waals surface area contributed by atoms with E-state index in [0.29, 0.717) is 0 Å². The zero-order valence-electron chi connectivity index (χ0n) is 26.8. The summed E-state index contributed by atoms with van der Waals surface area (Å²) < 4.78 is 12.0. The number of β-lactam (4-membered cyclic amide) rings is 1. The lowest BCUT2D eigenvalue weighted by Gasteiger charge is -2.36. The molecule has 15 nitrogen and oxygen atoms in total. The highest BCUT2D eigenvalue weighted by Gasteiger charge is 2.45. The van der Waals surface area contributed by atoms with Crippen LogP contribution in [0.2, 0.25) is 0 Å². The maximum atomic E-state index is 13.3. The molecule has 1 saturated heterocycles. The van der Waals surface area contributed by atoms with Gasteiger partial charge < -0.3 is 25.4 Å². The molecule has 2 aliphatic rings. The van der Waals surface area contributed by atoms with Gasteiger partial charge in [0.15, 0.2) is 11.7 Å². The first-order valence-corrected chi connectivity index (χ1v) is 16.0. The number of hydrogen-bond acceptors (Lipinski definition) is 11. The molecule has 1 fully saturated rings. The van der Waals surface area contributed by atoms with E-state index in [1.54, 1.807) is 20.8 Å². The quantitative estimate of drug-likeness (QED) is 0.107. The molecule has 2 atom stereocenters. The van der Waals surface area contributed by atoms with Gasteiger partial charge in [-0.3, -0.25) is 34.7 Å². The summed E-state index contributed by atoms with van der Waals surface area (Å²) in [6.07, 6.45) is 0.359. The van der Waals surface area contributed by atoms with E-state index in [4.69, 9.17) is 19.7 Å². The molecule has 4 amide bonds. The maximum Gasteiger partial charge on any atom is 0.466 e. The minimum atomic E-state index is -1.06. The Morgan fingerprint density at radius 2 is 1.65 bits per heavy atom. The van der Waals surface area contributed by atoms with Crippen molar-refractivity contribution < 1.29 is 43.0 Å². The Morgan fingerprint density at radius 1 is 1.00 bits per heavy atom. The molecule has 0 bridgehead atoms. The fourth-order valence-corrected chi connectivity index (χ4v) is 5.23. The second-order valence-electron chi connectivity index (χ2n) is 11.8. The largest absolute Gasteiger partial charge is 0.466 e. The van der Waals surface area contributed by atoms with Crippen molar-refractivity contribution in [2.24, 2.45) is 0 Å². The minimum Gasteiger partial charge on any atom is -0.444 e. The van der Waals surface area contributed by atoms with Crippen LogP contribution in [0.3, 0.4) is 0 Å². The number of benzene rings is 2. The lowest BCUT2D eigenvalue weighted by molar-refractivity contribution is -0.756. The summed E-state index contributed by atoms with van der Waals surface area (Å²) in [5.74, 6) is -2.84. The van der Waals surface area contributed by atoms with Crippen molar-refractivity contribution in [1.82, 2.24) is 20.9 Å². The van der Waals surface area contributed by atoms with Crippen LogP contribution in [0.4, 0.5) is 9.93 Å². The number of amides is 4. The number of thiazole rings is 1. The smallest absolute Gasteiger partial charge is 0.444 e. The number of ketones is 1. The number of hydroxylamine groups is 1. The molecule has 0 spiro atoms. The zero-order chi connectivity index (χ0) is 35.1. The SMILES string of the molecule is CC(C)(C)OC(=O)Nc1nc(C(=N)C(=O)NC2C(=O)NC2CNC(=O)C2=CC(=O)C(OCc3ccccc3)=[N+]2OCc2ccccc2)cs1. The first kappa shape index (κ1) is 34.4. The standard InChI is InChI=1S/C33H33N7O8S/c1-33(2,3)48-32(45)39-31-37-22(18-49-31)25(34)28(43)38-26-21(36-29(26)44)15-35-27(42)23-14-24(41)30(46-16-19-10-6-4-7-11-19)40(23)47-17-20-12-8-5-9-13-20/h4-14,18,21,26,34H,15-17H2,1-3H3,(H3-,35,36,37,38,39,42,43,44,45)/p+1. The second kappa shape index (κ2) is 14.9. The van der Waals surface area contributed by atoms with Gasteiger partial charge >= 0.3 is 29.4 Å². The van der Waals surface area contributed by atoms with E-state index in [1.807, 2.05) is 60.7 Å². The van der Waals surface area contributed by atoms with E-state index >= 15 is 0 Å². The first-order valence-electron chi connectivity index (χ1n) is 15.1. The van der Waals surface area contributed by atoms with Crippen molar-refractivity contribution in [1.29, 1.82) is 5.41 Å². The molecule has 5 rings (SSSR count). The lowest BCUT2D eigenvalue weighted by Crippen LogP contribution is -2.72. The molecule has 2 aliphatic heterocycles. The summed E-state index contributed by atoms with van der Waals surface area (Å²) in [6, 6.07) is 16.6. The summed E-state index contributed by atoms with van der Waals surface area (Å²) in [5.41, 5.74) is 0.187. The van der Waals surface area contributed by atoms with Crippen molar-refractivity contribution >= 4 is 57.7 Å². The van der Waals surface area contributed by atoms with Crippen molar-refractivity contribution in [2.75, 3.05) is 11.9 Å². The number of hydrogen-bond donors (Lipinski definition) is 5. The fraction of sp³-hybridized carbons (Fsp3) is 0.273. The van der Waals surface area contributed by atoms with Gasteiger partial charge in [0.05, 0.1) is 16.9 Å². The van der Waals surface area contributed by atoms with Gasteiger partial charge in [-0.05, 0) is 31.9 Å². The average molecular weight is 689 g/mol. The van der Waals surface area contributed by atoms with Crippen LogP contribution in [0.25, 0.3) is 0 Å². The van der Waals surface area contributed by atoms with Crippen molar-refractivity contribution in [3.63, 3.8) is 0 Å². The van der Waals surface area contributed by atoms with E-state index in [2.05, 4.69) is 26.3 Å². The highest BCUT2D eigenvalue weighted by molar-refractivity contribution is 7.14. The van der Waals surface area contributed by atoms with Crippen LogP contribution in [0, 0.1) is 5.41 Å². The average Bonchev–Trinajstić information content (AvgIpc) is 3.66. The molecule has 2 unspecified atom stereocenters.